The van der Waals surface area contributed by atoms with Crippen LogP contribution in [0.2, 0.25) is 0 Å². The lowest BCUT2D eigenvalue weighted by Gasteiger charge is -2.58. The van der Waals surface area contributed by atoms with E-state index in [1.165, 1.54) is 44.6 Å². The third kappa shape index (κ3) is 5.98. The molecular weight excluding hydrogens is 504 g/mol. The van der Waals surface area contributed by atoms with E-state index in [1.807, 2.05) is 6.07 Å². The molecule has 0 spiro atoms. The number of rotatable bonds is 8. The summed E-state index contributed by atoms with van der Waals surface area (Å²) >= 11 is 0. The molecule has 0 heterocycles. The summed E-state index contributed by atoms with van der Waals surface area (Å²) in [4.78, 5) is 12.6. The standard InChI is InChI=1S/C38H54O3/c1-7-28(25(2)3)13-11-26(4)33-16-17-34-32-15-14-29-24-31(19-21-37(29,5)35(32)20-22-38(33,34)6)41-36(40)18-12-27-9-8-10-30(39)23-27/h8-14,18,23,25-26,28,31-35,39H,7,15-17,19-22,24H2,1-6H3/b13-11?,18-12+/t26-,28-,31+,32+,33-,34+,35+,37+,38-/m1/s1. The predicted octanol–water partition coefficient (Wildman–Crippen LogP) is 9.77. The third-order valence-electron chi connectivity index (χ3n) is 12.3. The van der Waals surface area contributed by atoms with Gasteiger partial charge in [-0.3, -0.25) is 0 Å². The van der Waals surface area contributed by atoms with Crippen LogP contribution in [0.4, 0.5) is 0 Å². The first-order chi connectivity index (χ1) is 19.5. The number of ether oxygens (including phenoxy) is 1. The average molecular weight is 559 g/mol. The molecule has 5 rings (SSSR count). The van der Waals surface area contributed by atoms with Crippen LogP contribution in [0.1, 0.15) is 105 Å². The fourth-order valence-corrected chi connectivity index (χ4v) is 9.91. The first-order valence-electron chi connectivity index (χ1n) is 16.6. The van der Waals surface area contributed by atoms with Gasteiger partial charge in [-0.1, -0.05) is 77.5 Å². The minimum Gasteiger partial charge on any atom is -0.508 e. The molecule has 0 aromatic heterocycles. The minimum atomic E-state index is -0.288. The van der Waals surface area contributed by atoms with Crippen molar-refractivity contribution in [3.63, 3.8) is 0 Å². The lowest BCUT2D eigenvalue weighted by atomic mass is 9.47. The van der Waals surface area contributed by atoms with Crippen molar-refractivity contribution < 1.29 is 14.6 Å². The van der Waals surface area contributed by atoms with Gasteiger partial charge < -0.3 is 9.84 Å². The number of allylic oxidation sites excluding steroid dienone is 3. The van der Waals surface area contributed by atoms with Crippen molar-refractivity contribution in [1.29, 1.82) is 0 Å². The van der Waals surface area contributed by atoms with Gasteiger partial charge >= 0.3 is 5.97 Å². The van der Waals surface area contributed by atoms with Crippen LogP contribution in [0.25, 0.3) is 6.08 Å². The van der Waals surface area contributed by atoms with Crippen molar-refractivity contribution in [1.82, 2.24) is 0 Å². The fourth-order valence-electron chi connectivity index (χ4n) is 9.91. The molecule has 3 fully saturated rings. The molecule has 224 valence electrons. The Morgan fingerprint density at radius 1 is 1.07 bits per heavy atom. The molecule has 0 amide bonds. The van der Waals surface area contributed by atoms with Crippen molar-refractivity contribution >= 4 is 12.0 Å². The highest BCUT2D eigenvalue weighted by Crippen LogP contribution is 2.67. The third-order valence-corrected chi connectivity index (χ3v) is 12.3. The van der Waals surface area contributed by atoms with Gasteiger partial charge in [0.15, 0.2) is 0 Å². The van der Waals surface area contributed by atoms with E-state index in [1.54, 1.807) is 29.8 Å². The molecule has 0 saturated heterocycles. The summed E-state index contributed by atoms with van der Waals surface area (Å²) in [6.07, 6.45) is 21.7. The van der Waals surface area contributed by atoms with Crippen molar-refractivity contribution in [3.8, 4) is 5.75 Å². The van der Waals surface area contributed by atoms with Crippen molar-refractivity contribution in [3.05, 3.63) is 59.7 Å². The SMILES string of the molecule is CC[C@H](C=C[C@@H](C)[C@H]1CC[C@H]2[C@@H]3CC=C4C[C@@H](OC(=O)/C=C/c5cccc(O)c5)CC[C@]4(C)[C@H]3CC[C@]12C)C(C)C. The summed E-state index contributed by atoms with van der Waals surface area (Å²) in [5.74, 6) is 5.18. The smallest absolute Gasteiger partial charge is 0.331 e. The molecular formula is C38H54O3. The fraction of sp³-hybridized carbons (Fsp3) is 0.658. The highest BCUT2D eigenvalue weighted by molar-refractivity contribution is 5.87. The van der Waals surface area contributed by atoms with E-state index >= 15 is 0 Å². The number of phenols is 1. The van der Waals surface area contributed by atoms with Crippen LogP contribution in [0.3, 0.4) is 0 Å². The molecule has 41 heavy (non-hydrogen) atoms. The Hall–Kier alpha value is -2.29. The molecule has 1 aromatic rings. The summed E-state index contributed by atoms with van der Waals surface area (Å²) in [5, 5.41) is 9.66. The molecule has 9 atom stereocenters. The van der Waals surface area contributed by atoms with Crippen LogP contribution in [0.5, 0.6) is 5.75 Å². The van der Waals surface area contributed by atoms with Crippen LogP contribution >= 0.6 is 0 Å². The summed E-state index contributed by atoms with van der Waals surface area (Å²) < 4.78 is 5.93. The Labute approximate surface area is 249 Å². The molecule has 1 aromatic carbocycles. The van der Waals surface area contributed by atoms with Crippen LogP contribution in [-0.4, -0.2) is 17.2 Å². The van der Waals surface area contributed by atoms with Gasteiger partial charge in [-0.05, 0) is 127 Å². The molecule has 3 heteroatoms. The normalized spacial score (nSPS) is 36.5. The lowest BCUT2D eigenvalue weighted by Crippen LogP contribution is -2.51. The molecule has 0 radical (unpaired) electrons. The molecule has 3 nitrogen and oxygen atoms in total. The van der Waals surface area contributed by atoms with Crippen LogP contribution < -0.4 is 0 Å². The van der Waals surface area contributed by atoms with Crippen LogP contribution in [-0.2, 0) is 9.53 Å². The number of benzene rings is 1. The molecule has 4 aliphatic rings. The number of carbonyl (C=O) groups is 1. The summed E-state index contributed by atoms with van der Waals surface area (Å²) in [5.41, 5.74) is 3.05. The second-order valence-corrected chi connectivity index (χ2v) is 14.8. The summed E-state index contributed by atoms with van der Waals surface area (Å²) in [7, 11) is 0. The molecule has 0 bridgehead atoms. The zero-order valence-corrected chi connectivity index (χ0v) is 26.4. The number of phenolic OH excluding ortho intramolecular Hbond substituents is 1. The number of hydrogen-bond acceptors (Lipinski definition) is 3. The maximum atomic E-state index is 12.6. The number of aromatic hydroxyl groups is 1. The van der Waals surface area contributed by atoms with E-state index in [-0.39, 0.29) is 23.2 Å². The van der Waals surface area contributed by atoms with E-state index < -0.39 is 0 Å². The zero-order valence-electron chi connectivity index (χ0n) is 26.4. The average Bonchev–Trinajstić information content (AvgIpc) is 3.29. The number of fused-ring (bicyclic) bond motifs is 5. The van der Waals surface area contributed by atoms with Gasteiger partial charge in [0.2, 0.25) is 0 Å². The number of esters is 1. The van der Waals surface area contributed by atoms with Gasteiger partial charge in [0.05, 0.1) is 0 Å². The second-order valence-electron chi connectivity index (χ2n) is 14.8. The first kappa shape index (κ1) is 30.2. The van der Waals surface area contributed by atoms with E-state index in [0.29, 0.717) is 17.3 Å². The van der Waals surface area contributed by atoms with Gasteiger partial charge in [0.1, 0.15) is 11.9 Å². The maximum Gasteiger partial charge on any atom is 0.331 e. The molecule has 0 unspecified atom stereocenters. The largest absolute Gasteiger partial charge is 0.508 e. The Morgan fingerprint density at radius 3 is 2.61 bits per heavy atom. The van der Waals surface area contributed by atoms with E-state index in [9.17, 15) is 9.90 Å². The van der Waals surface area contributed by atoms with Gasteiger partial charge in [0, 0.05) is 12.5 Å². The van der Waals surface area contributed by atoms with Crippen LogP contribution in [0, 0.1) is 52.3 Å². The van der Waals surface area contributed by atoms with Crippen molar-refractivity contribution in [2.75, 3.05) is 0 Å². The maximum absolute atomic E-state index is 12.6. The second kappa shape index (κ2) is 12.1. The van der Waals surface area contributed by atoms with Crippen molar-refractivity contribution in [2.45, 2.75) is 105 Å². The Bertz CT molecular complexity index is 1180. The molecule has 0 aliphatic heterocycles. The summed E-state index contributed by atoms with van der Waals surface area (Å²) in [6.45, 7) is 14.7. The minimum absolute atomic E-state index is 0.0395. The Kier molecular flexibility index (Phi) is 8.93. The first-order valence-corrected chi connectivity index (χ1v) is 16.6. The molecule has 4 aliphatic carbocycles. The Balaban J connectivity index is 1.23. The monoisotopic (exact) mass is 558 g/mol. The highest BCUT2D eigenvalue weighted by Gasteiger charge is 2.59. The molecule has 1 N–H and O–H groups in total. The van der Waals surface area contributed by atoms with Gasteiger partial charge in [-0.15, -0.1) is 0 Å². The van der Waals surface area contributed by atoms with Gasteiger partial charge in [0.25, 0.3) is 0 Å². The van der Waals surface area contributed by atoms with E-state index in [4.69, 9.17) is 4.74 Å². The number of hydrogen-bond donors (Lipinski definition) is 1. The predicted molar refractivity (Wildman–Crippen MR) is 169 cm³/mol. The van der Waals surface area contributed by atoms with Crippen molar-refractivity contribution in [2.24, 2.45) is 52.3 Å². The lowest BCUT2D eigenvalue weighted by molar-refractivity contribution is -0.145. The van der Waals surface area contributed by atoms with Gasteiger partial charge in [-0.25, -0.2) is 4.79 Å². The van der Waals surface area contributed by atoms with Gasteiger partial charge in [-0.2, -0.15) is 0 Å². The Morgan fingerprint density at radius 2 is 1.88 bits per heavy atom. The quantitative estimate of drug-likeness (QED) is 0.196. The van der Waals surface area contributed by atoms with E-state index in [0.717, 1.165) is 54.4 Å². The zero-order chi connectivity index (χ0) is 29.4. The highest BCUT2D eigenvalue weighted by atomic mass is 16.5. The topological polar surface area (TPSA) is 46.5 Å². The number of carbonyl (C=O) groups excluding carboxylic acids is 1. The molecule has 3 saturated carbocycles. The summed E-state index contributed by atoms with van der Waals surface area (Å²) in [6, 6.07) is 6.92. The van der Waals surface area contributed by atoms with Crippen LogP contribution in [0.15, 0.2) is 54.1 Å². The van der Waals surface area contributed by atoms with E-state index in [2.05, 4.69) is 59.8 Å².